The Labute approximate surface area is 168 Å². The SMILES string of the molecule is CCC/C=C/CC(O)C[N+](CCCCC)(CCCCC)CCC(C)C(=O)[O-]. The van der Waals surface area contributed by atoms with Gasteiger partial charge in [0.2, 0.25) is 0 Å². The third kappa shape index (κ3) is 13.0. The minimum Gasteiger partial charge on any atom is -0.550 e. The van der Waals surface area contributed by atoms with Crippen molar-refractivity contribution < 1.29 is 19.5 Å². The highest BCUT2D eigenvalue weighted by Gasteiger charge is 2.30. The summed E-state index contributed by atoms with van der Waals surface area (Å²) in [6, 6.07) is 0. The van der Waals surface area contributed by atoms with E-state index in [9.17, 15) is 15.0 Å². The molecule has 0 amide bonds. The van der Waals surface area contributed by atoms with Crippen LogP contribution in [0.4, 0.5) is 0 Å². The molecule has 0 heterocycles. The first-order valence-electron chi connectivity index (χ1n) is 11.3. The molecule has 0 saturated heterocycles. The van der Waals surface area contributed by atoms with Crippen molar-refractivity contribution >= 4 is 5.97 Å². The smallest absolute Gasteiger partial charge is 0.106 e. The van der Waals surface area contributed by atoms with E-state index < -0.39 is 11.9 Å². The summed E-state index contributed by atoms with van der Waals surface area (Å²) in [7, 11) is 0. The number of carboxylic acids is 1. The van der Waals surface area contributed by atoms with Gasteiger partial charge in [-0.1, -0.05) is 59.1 Å². The lowest BCUT2D eigenvalue weighted by atomic mass is 10.0. The number of carbonyl (C=O) groups is 1. The zero-order chi connectivity index (χ0) is 20.5. The van der Waals surface area contributed by atoms with E-state index in [0.29, 0.717) is 12.8 Å². The van der Waals surface area contributed by atoms with Crippen LogP contribution in [0.3, 0.4) is 0 Å². The van der Waals surface area contributed by atoms with Crippen LogP contribution in [0, 0.1) is 5.92 Å². The maximum absolute atomic E-state index is 11.2. The van der Waals surface area contributed by atoms with Crippen LogP contribution in [0.1, 0.15) is 91.9 Å². The van der Waals surface area contributed by atoms with E-state index in [1.165, 1.54) is 25.7 Å². The van der Waals surface area contributed by atoms with E-state index in [1.807, 2.05) is 0 Å². The van der Waals surface area contributed by atoms with E-state index >= 15 is 0 Å². The average Bonchev–Trinajstić information content (AvgIpc) is 2.63. The number of aliphatic hydroxyl groups is 1. The molecule has 0 aromatic heterocycles. The Morgan fingerprint density at radius 1 is 0.963 bits per heavy atom. The van der Waals surface area contributed by atoms with E-state index in [1.54, 1.807) is 6.92 Å². The van der Waals surface area contributed by atoms with Crippen molar-refractivity contribution in [2.24, 2.45) is 5.92 Å². The molecule has 0 rings (SSSR count). The topological polar surface area (TPSA) is 60.4 Å². The molecule has 0 aliphatic heterocycles. The minimum absolute atomic E-state index is 0.361. The fourth-order valence-electron chi connectivity index (χ4n) is 3.65. The van der Waals surface area contributed by atoms with Crippen molar-refractivity contribution in [2.45, 2.75) is 98.0 Å². The molecule has 0 fully saturated rings. The van der Waals surface area contributed by atoms with Crippen LogP contribution in [0.2, 0.25) is 0 Å². The molecule has 1 N–H and O–H groups in total. The van der Waals surface area contributed by atoms with Crippen LogP contribution >= 0.6 is 0 Å². The van der Waals surface area contributed by atoms with E-state index in [2.05, 4.69) is 32.9 Å². The van der Waals surface area contributed by atoms with Gasteiger partial charge in [-0.2, -0.15) is 0 Å². The second-order valence-corrected chi connectivity index (χ2v) is 8.27. The standard InChI is InChI=1S/C23H45NO3/c1-5-8-11-12-15-22(25)20-24(17-13-9-6-2,18-14-10-7-3)19-16-21(4)23(26)27/h11-12,21-22,25H,5-10,13-20H2,1-4H3/b12-11+. The molecule has 4 nitrogen and oxygen atoms in total. The predicted molar refractivity (Wildman–Crippen MR) is 112 cm³/mol. The largest absolute Gasteiger partial charge is 0.550 e. The molecule has 0 aliphatic carbocycles. The van der Waals surface area contributed by atoms with Crippen molar-refractivity contribution in [2.75, 3.05) is 26.2 Å². The first-order valence-corrected chi connectivity index (χ1v) is 11.3. The molecule has 0 spiro atoms. The van der Waals surface area contributed by atoms with Gasteiger partial charge in [0.1, 0.15) is 12.6 Å². The highest BCUT2D eigenvalue weighted by Crippen LogP contribution is 2.19. The highest BCUT2D eigenvalue weighted by molar-refractivity contribution is 5.66. The van der Waals surface area contributed by atoms with Crippen LogP contribution in [-0.2, 0) is 4.79 Å². The first-order chi connectivity index (χ1) is 12.9. The molecule has 2 atom stereocenters. The fraction of sp³-hybridized carbons (Fsp3) is 0.870. The number of aliphatic carboxylic acids is 1. The lowest BCUT2D eigenvalue weighted by molar-refractivity contribution is -0.931. The molecule has 27 heavy (non-hydrogen) atoms. The lowest BCUT2D eigenvalue weighted by Gasteiger charge is -2.41. The second-order valence-electron chi connectivity index (χ2n) is 8.27. The zero-order valence-corrected chi connectivity index (χ0v) is 18.4. The predicted octanol–water partition coefficient (Wildman–Crippen LogP) is 4.07. The number of aliphatic hydroxyl groups excluding tert-OH is 1. The molecule has 0 aromatic rings. The molecular formula is C23H45NO3. The van der Waals surface area contributed by atoms with Gasteiger partial charge in [0.15, 0.2) is 0 Å². The number of carboxylic acid groups (broad SMARTS) is 1. The number of unbranched alkanes of at least 4 members (excludes halogenated alkanes) is 5. The van der Waals surface area contributed by atoms with Gasteiger partial charge >= 0.3 is 0 Å². The van der Waals surface area contributed by atoms with Crippen LogP contribution in [-0.4, -0.2) is 47.8 Å². The van der Waals surface area contributed by atoms with E-state index in [0.717, 1.165) is 56.3 Å². The molecular weight excluding hydrogens is 338 g/mol. The average molecular weight is 384 g/mol. The summed E-state index contributed by atoms with van der Waals surface area (Å²) in [5.74, 6) is -1.39. The Bertz CT molecular complexity index is 385. The zero-order valence-electron chi connectivity index (χ0n) is 18.4. The van der Waals surface area contributed by atoms with Gasteiger partial charge in [0, 0.05) is 18.3 Å². The summed E-state index contributed by atoms with van der Waals surface area (Å²) in [6.45, 7) is 11.9. The highest BCUT2D eigenvalue weighted by atomic mass is 16.4. The molecule has 0 aromatic carbocycles. The number of rotatable bonds is 18. The van der Waals surface area contributed by atoms with Gasteiger partial charge in [0.05, 0.1) is 19.6 Å². The Kier molecular flexibility index (Phi) is 15.6. The van der Waals surface area contributed by atoms with Crippen LogP contribution in [0.15, 0.2) is 12.2 Å². The van der Waals surface area contributed by atoms with Crippen molar-refractivity contribution in [1.29, 1.82) is 0 Å². The molecule has 0 radical (unpaired) electrons. The van der Waals surface area contributed by atoms with E-state index in [-0.39, 0.29) is 6.10 Å². The number of hydrogen-bond donors (Lipinski definition) is 1. The number of hydrogen-bond acceptors (Lipinski definition) is 3. The first kappa shape index (κ1) is 26.1. The van der Waals surface area contributed by atoms with Gasteiger partial charge in [-0.05, 0) is 38.5 Å². The maximum atomic E-state index is 11.2. The van der Waals surface area contributed by atoms with E-state index in [4.69, 9.17) is 0 Å². The van der Waals surface area contributed by atoms with Crippen molar-refractivity contribution in [1.82, 2.24) is 0 Å². The Hall–Kier alpha value is -0.870. The Morgan fingerprint density at radius 2 is 1.56 bits per heavy atom. The summed E-state index contributed by atoms with van der Waals surface area (Å²) in [4.78, 5) is 11.2. The maximum Gasteiger partial charge on any atom is 0.106 e. The Balaban J connectivity index is 5.10. The summed E-state index contributed by atoms with van der Waals surface area (Å²) < 4.78 is 0.848. The van der Waals surface area contributed by atoms with Crippen LogP contribution < -0.4 is 5.11 Å². The van der Waals surface area contributed by atoms with Gasteiger partial charge in [-0.25, -0.2) is 0 Å². The summed E-state index contributed by atoms with van der Waals surface area (Å²) in [5, 5.41) is 21.9. The quantitative estimate of drug-likeness (QED) is 0.220. The molecule has 0 bridgehead atoms. The lowest BCUT2D eigenvalue weighted by Crippen LogP contribution is -2.54. The summed E-state index contributed by atoms with van der Waals surface area (Å²) >= 11 is 0. The molecule has 0 saturated carbocycles. The van der Waals surface area contributed by atoms with Crippen molar-refractivity contribution in [3.05, 3.63) is 12.2 Å². The summed E-state index contributed by atoms with van der Waals surface area (Å²) in [5.41, 5.74) is 0. The van der Waals surface area contributed by atoms with Gasteiger partial charge in [-0.15, -0.1) is 0 Å². The number of carbonyl (C=O) groups excluding carboxylic acids is 1. The number of allylic oxidation sites excluding steroid dienone is 1. The van der Waals surface area contributed by atoms with Crippen LogP contribution in [0.5, 0.6) is 0 Å². The monoisotopic (exact) mass is 383 g/mol. The van der Waals surface area contributed by atoms with Gasteiger partial charge in [-0.3, -0.25) is 0 Å². The molecule has 0 aliphatic rings. The Morgan fingerprint density at radius 3 is 2.04 bits per heavy atom. The fourth-order valence-corrected chi connectivity index (χ4v) is 3.65. The molecule has 160 valence electrons. The summed E-state index contributed by atoms with van der Waals surface area (Å²) in [6.07, 6.45) is 14.4. The second kappa shape index (κ2) is 16.1. The third-order valence-electron chi connectivity index (χ3n) is 5.54. The van der Waals surface area contributed by atoms with Crippen molar-refractivity contribution in [3.8, 4) is 0 Å². The van der Waals surface area contributed by atoms with Crippen LogP contribution in [0.25, 0.3) is 0 Å². The minimum atomic E-state index is -0.960. The third-order valence-corrected chi connectivity index (χ3v) is 5.54. The molecule has 4 heteroatoms. The number of quaternary nitrogens is 1. The van der Waals surface area contributed by atoms with Gasteiger partial charge in [0.25, 0.3) is 0 Å². The normalized spacial score (nSPS) is 14.6. The van der Waals surface area contributed by atoms with Gasteiger partial charge < -0.3 is 19.5 Å². The number of nitrogens with zero attached hydrogens (tertiary/aromatic N) is 1. The molecule has 2 unspecified atom stereocenters. The van der Waals surface area contributed by atoms with Crippen molar-refractivity contribution in [3.63, 3.8) is 0 Å².